The highest BCUT2D eigenvalue weighted by atomic mass is 16.1. The number of hydrogen-bond acceptors (Lipinski definition) is 2. The van der Waals surface area contributed by atoms with E-state index in [1.54, 1.807) is 0 Å². The molecule has 5 heteroatoms. The fourth-order valence-electron chi connectivity index (χ4n) is 8.17. The normalized spacial score (nSPS) is 15.7. The van der Waals surface area contributed by atoms with Gasteiger partial charge in [-0.15, -0.1) is 0 Å². The molecule has 5 nitrogen and oxygen atoms in total. The van der Waals surface area contributed by atoms with Gasteiger partial charge in [-0.25, -0.2) is 0 Å². The number of nitrogens with zero attached hydrogens (tertiary/aromatic N) is 1. The van der Waals surface area contributed by atoms with Crippen LogP contribution in [0.15, 0.2) is 157 Å². The molecule has 0 bridgehead atoms. The SMILES string of the molecule is CCc1ccc(C(=O)c2ccc(C(c3ccc(C(C)(C)C)cc3)c3ccc(C(c4ccc(C)cc4)c4ccc(C(C5=NC(C)C=C5)c5ccccc5)[nH]4)[nH]3)[nH]2)cc1. The summed E-state index contributed by atoms with van der Waals surface area (Å²) in [6, 6.07) is 49.4. The van der Waals surface area contributed by atoms with Gasteiger partial charge < -0.3 is 15.0 Å². The molecule has 3 N–H and O–H groups in total. The molecule has 8 rings (SSSR count). The minimum Gasteiger partial charge on any atom is -0.361 e. The summed E-state index contributed by atoms with van der Waals surface area (Å²) in [7, 11) is 0. The Morgan fingerprint density at radius 3 is 1.65 bits per heavy atom. The zero-order valence-electron chi connectivity index (χ0n) is 33.8. The first-order chi connectivity index (χ1) is 27.6. The molecule has 286 valence electrons. The fourth-order valence-corrected chi connectivity index (χ4v) is 8.17. The van der Waals surface area contributed by atoms with E-state index in [0.717, 1.165) is 46.2 Å². The second kappa shape index (κ2) is 15.7. The van der Waals surface area contributed by atoms with Crippen LogP contribution in [-0.2, 0) is 11.8 Å². The quantitative estimate of drug-likeness (QED) is 0.107. The third-order valence-corrected chi connectivity index (χ3v) is 11.4. The van der Waals surface area contributed by atoms with E-state index in [-0.39, 0.29) is 35.0 Å². The number of allylic oxidation sites excluding steroid dienone is 1. The lowest BCUT2D eigenvalue weighted by Crippen LogP contribution is -2.13. The summed E-state index contributed by atoms with van der Waals surface area (Å²) >= 11 is 0. The van der Waals surface area contributed by atoms with Crippen LogP contribution in [0.3, 0.4) is 0 Å². The Balaban J connectivity index is 1.20. The second-order valence-corrected chi connectivity index (χ2v) is 16.6. The van der Waals surface area contributed by atoms with Crippen LogP contribution in [0.25, 0.3) is 0 Å². The number of nitrogens with one attached hydrogen (secondary N) is 3. The second-order valence-electron chi connectivity index (χ2n) is 16.6. The third kappa shape index (κ3) is 7.93. The van der Waals surface area contributed by atoms with Crippen molar-refractivity contribution in [3.63, 3.8) is 0 Å². The van der Waals surface area contributed by atoms with Gasteiger partial charge in [0.2, 0.25) is 5.78 Å². The van der Waals surface area contributed by atoms with Crippen molar-refractivity contribution in [2.45, 2.75) is 77.2 Å². The summed E-state index contributed by atoms with van der Waals surface area (Å²) in [5.74, 6) is -0.261. The minimum atomic E-state index is -0.161. The van der Waals surface area contributed by atoms with Crippen LogP contribution in [0.2, 0.25) is 0 Å². The van der Waals surface area contributed by atoms with Crippen molar-refractivity contribution in [1.29, 1.82) is 0 Å². The first-order valence-corrected chi connectivity index (χ1v) is 20.2. The zero-order chi connectivity index (χ0) is 39.7. The topological polar surface area (TPSA) is 76.8 Å². The van der Waals surface area contributed by atoms with Crippen LogP contribution >= 0.6 is 0 Å². The van der Waals surface area contributed by atoms with Crippen LogP contribution in [0.4, 0.5) is 0 Å². The average molecular weight is 749 g/mol. The van der Waals surface area contributed by atoms with Crippen LogP contribution in [-0.4, -0.2) is 32.5 Å². The average Bonchev–Trinajstić information content (AvgIpc) is 4.06. The van der Waals surface area contributed by atoms with E-state index >= 15 is 0 Å². The van der Waals surface area contributed by atoms with E-state index in [1.165, 1.54) is 27.8 Å². The molecular formula is C52H52N4O. The molecule has 0 radical (unpaired) electrons. The molecule has 57 heavy (non-hydrogen) atoms. The van der Waals surface area contributed by atoms with Crippen LogP contribution in [0.1, 0.15) is 130 Å². The Kier molecular flexibility index (Phi) is 10.4. The maximum absolute atomic E-state index is 13.7. The van der Waals surface area contributed by atoms with Crippen molar-refractivity contribution in [2.24, 2.45) is 4.99 Å². The molecule has 0 saturated heterocycles. The molecule has 0 aliphatic carbocycles. The molecule has 4 heterocycles. The molecule has 4 aromatic carbocycles. The number of aromatic nitrogens is 3. The van der Waals surface area contributed by atoms with E-state index in [2.05, 4.69) is 178 Å². The third-order valence-electron chi connectivity index (χ3n) is 11.4. The van der Waals surface area contributed by atoms with Crippen molar-refractivity contribution in [2.75, 3.05) is 0 Å². The van der Waals surface area contributed by atoms with E-state index in [0.29, 0.717) is 11.3 Å². The highest BCUT2D eigenvalue weighted by molar-refractivity contribution is 6.08. The summed E-state index contributed by atoms with van der Waals surface area (Å²) in [5, 5.41) is 0. The number of hydrogen-bond donors (Lipinski definition) is 3. The number of benzene rings is 4. The Morgan fingerprint density at radius 2 is 1.12 bits per heavy atom. The van der Waals surface area contributed by atoms with E-state index < -0.39 is 0 Å². The molecular weight excluding hydrogens is 697 g/mol. The largest absolute Gasteiger partial charge is 0.361 e. The molecule has 0 amide bonds. The lowest BCUT2D eigenvalue weighted by Gasteiger charge is -2.22. The van der Waals surface area contributed by atoms with Gasteiger partial charge in [-0.05, 0) is 96.0 Å². The molecule has 0 saturated carbocycles. The van der Waals surface area contributed by atoms with Crippen molar-refractivity contribution < 1.29 is 4.79 Å². The molecule has 1 aliphatic rings. The highest BCUT2D eigenvalue weighted by Crippen LogP contribution is 2.38. The number of ketones is 1. The summed E-state index contributed by atoms with van der Waals surface area (Å²) in [5.41, 5.74) is 14.9. The summed E-state index contributed by atoms with van der Waals surface area (Å²) < 4.78 is 0. The maximum Gasteiger partial charge on any atom is 0.209 e. The van der Waals surface area contributed by atoms with E-state index in [9.17, 15) is 4.79 Å². The monoisotopic (exact) mass is 748 g/mol. The molecule has 3 aromatic heterocycles. The van der Waals surface area contributed by atoms with E-state index in [1.807, 2.05) is 30.3 Å². The van der Waals surface area contributed by atoms with Crippen LogP contribution < -0.4 is 0 Å². The van der Waals surface area contributed by atoms with Gasteiger partial charge in [0, 0.05) is 39.7 Å². The molecule has 0 fully saturated rings. The van der Waals surface area contributed by atoms with Crippen molar-refractivity contribution in [3.8, 4) is 0 Å². The predicted molar refractivity (Wildman–Crippen MR) is 234 cm³/mol. The number of aryl methyl sites for hydroxylation is 2. The summed E-state index contributed by atoms with van der Waals surface area (Å²) in [6.07, 6.45) is 5.28. The van der Waals surface area contributed by atoms with Crippen LogP contribution in [0.5, 0.6) is 0 Å². The Morgan fingerprint density at radius 1 is 0.614 bits per heavy atom. The van der Waals surface area contributed by atoms with E-state index in [4.69, 9.17) is 4.99 Å². The van der Waals surface area contributed by atoms with Gasteiger partial charge in [0.25, 0.3) is 0 Å². The highest BCUT2D eigenvalue weighted by Gasteiger charge is 2.28. The Hall–Kier alpha value is -6.20. The predicted octanol–water partition coefficient (Wildman–Crippen LogP) is 12.0. The van der Waals surface area contributed by atoms with Gasteiger partial charge in [0.1, 0.15) is 0 Å². The lowest BCUT2D eigenvalue weighted by molar-refractivity contribution is 0.103. The smallest absolute Gasteiger partial charge is 0.209 e. The van der Waals surface area contributed by atoms with Crippen molar-refractivity contribution >= 4 is 11.5 Å². The van der Waals surface area contributed by atoms with Crippen molar-refractivity contribution in [1.82, 2.24) is 15.0 Å². The molecule has 4 unspecified atom stereocenters. The minimum absolute atomic E-state index is 0.00571. The summed E-state index contributed by atoms with van der Waals surface area (Å²) in [4.78, 5) is 30.1. The standard InChI is InChI=1S/C52H52N4O/c1-7-35-16-20-39(21-17-35)51(57)47-32-31-46(56-47)50(38-22-24-40(25-23-38)52(4,5)6)45-30-29-44(55-45)49(37-18-13-33(2)14-19-37)43-28-27-42(54-43)48(36-11-9-8-10-12-36)41-26-15-34(3)53-41/h8-32,34,48-50,54-56H,7H2,1-6H3. The number of aromatic amines is 3. The number of rotatable bonds is 12. The molecule has 4 atom stereocenters. The Bertz CT molecular complexity index is 2520. The number of carbonyl (C=O) groups excluding carboxylic acids is 1. The maximum atomic E-state index is 13.7. The molecule has 1 aliphatic heterocycles. The van der Waals surface area contributed by atoms with Gasteiger partial charge in [-0.2, -0.15) is 0 Å². The van der Waals surface area contributed by atoms with Crippen molar-refractivity contribution in [3.05, 3.63) is 225 Å². The molecule has 0 spiro atoms. The van der Waals surface area contributed by atoms with Gasteiger partial charge in [0.05, 0.1) is 29.5 Å². The first kappa shape index (κ1) is 37.7. The zero-order valence-corrected chi connectivity index (χ0v) is 33.8. The van der Waals surface area contributed by atoms with Gasteiger partial charge >= 0.3 is 0 Å². The summed E-state index contributed by atoms with van der Waals surface area (Å²) in [6.45, 7) is 13.1. The fraction of sp³-hybridized carbons (Fsp3) is 0.231. The van der Waals surface area contributed by atoms with Gasteiger partial charge in [0.15, 0.2) is 0 Å². The first-order valence-electron chi connectivity index (χ1n) is 20.2. The number of carbonyl (C=O) groups is 1. The Labute approximate surface area is 337 Å². The number of aliphatic imine (C=N–C) groups is 1. The lowest BCUT2D eigenvalue weighted by atomic mass is 9.84. The number of H-pyrrole nitrogens is 3. The van der Waals surface area contributed by atoms with Gasteiger partial charge in [-0.3, -0.25) is 9.79 Å². The van der Waals surface area contributed by atoms with Crippen LogP contribution in [0, 0.1) is 6.92 Å². The van der Waals surface area contributed by atoms with Gasteiger partial charge in [-0.1, -0.05) is 142 Å². The molecule has 7 aromatic rings.